The van der Waals surface area contributed by atoms with Gasteiger partial charge >= 0.3 is 0 Å². The summed E-state index contributed by atoms with van der Waals surface area (Å²) in [6, 6.07) is 0.550. The van der Waals surface area contributed by atoms with E-state index in [2.05, 4.69) is 26.1 Å². The minimum atomic E-state index is 0.362. The van der Waals surface area contributed by atoms with Gasteiger partial charge in [-0.25, -0.2) is 0 Å². The van der Waals surface area contributed by atoms with Gasteiger partial charge < -0.3 is 10.1 Å². The lowest BCUT2D eigenvalue weighted by atomic mass is 9.69. The highest BCUT2D eigenvalue weighted by Gasteiger charge is 2.33. The molecule has 1 aliphatic carbocycles. The molecule has 0 aromatic carbocycles. The molecule has 0 aliphatic heterocycles. The Labute approximate surface area is 87.5 Å². The minimum Gasteiger partial charge on any atom is -0.307 e. The second kappa shape index (κ2) is 4.92. The molecule has 0 radical (unpaired) electrons. The summed E-state index contributed by atoms with van der Waals surface area (Å²) in [6.45, 7) is 7.42. The van der Waals surface area contributed by atoms with Crippen LogP contribution in [0.4, 0.5) is 0 Å². The predicted octanol–water partition coefficient (Wildman–Crippen LogP) is 2.38. The Morgan fingerprint density at radius 1 is 1.29 bits per heavy atom. The Morgan fingerprint density at radius 2 is 1.93 bits per heavy atom. The van der Waals surface area contributed by atoms with Crippen LogP contribution in [0.15, 0.2) is 0 Å². The minimum absolute atomic E-state index is 0.362. The summed E-state index contributed by atoms with van der Waals surface area (Å²) in [6.07, 6.45) is 6.16. The van der Waals surface area contributed by atoms with Gasteiger partial charge in [-0.15, -0.1) is 0 Å². The summed E-state index contributed by atoms with van der Waals surface area (Å²) < 4.78 is 0. The first-order valence-electron chi connectivity index (χ1n) is 5.72. The SMILES string of the molecule is CC(C)(C)[C@@H]1CCCC[C@@H]1NCC=O. The summed E-state index contributed by atoms with van der Waals surface area (Å²) in [5, 5.41) is 3.36. The number of carbonyl (C=O) groups excluding carboxylic acids is 1. The van der Waals surface area contributed by atoms with Gasteiger partial charge in [-0.2, -0.15) is 0 Å². The highest BCUT2D eigenvalue weighted by atomic mass is 16.1. The van der Waals surface area contributed by atoms with Gasteiger partial charge in [0, 0.05) is 6.04 Å². The van der Waals surface area contributed by atoms with Gasteiger partial charge in [0.1, 0.15) is 6.29 Å². The van der Waals surface area contributed by atoms with Crippen LogP contribution in [0, 0.1) is 11.3 Å². The Balaban J connectivity index is 2.54. The van der Waals surface area contributed by atoms with Crippen LogP contribution in [0.2, 0.25) is 0 Å². The molecule has 0 bridgehead atoms. The third-order valence-electron chi connectivity index (χ3n) is 3.34. The summed E-state index contributed by atoms with van der Waals surface area (Å²) in [5.74, 6) is 0.719. The smallest absolute Gasteiger partial charge is 0.133 e. The maximum absolute atomic E-state index is 10.3. The molecule has 1 saturated carbocycles. The lowest BCUT2D eigenvalue weighted by Crippen LogP contribution is -2.44. The second-order valence-electron chi connectivity index (χ2n) is 5.44. The zero-order valence-corrected chi connectivity index (χ0v) is 9.68. The van der Waals surface area contributed by atoms with E-state index in [1.165, 1.54) is 25.7 Å². The van der Waals surface area contributed by atoms with Gasteiger partial charge in [-0.1, -0.05) is 33.6 Å². The van der Waals surface area contributed by atoms with Crippen molar-refractivity contribution in [2.75, 3.05) is 6.54 Å². The topological polar surface area (TPSA) is 29.1 Å². The number of carbonyl (C=O) groups is 1. The van der Waals surface area contributed by atoms with Crippen molar-refractivity contribution in [3.05, 3.63) is 0 Å². The monoisotopic (exact) mass is 197 g/mol. The van der Waals surface area contributed by atoms with Gasteiger partial charge in [-0.3, -0.25) is 0 Å². The fourth-order valence-corrected chi connectivity index (χ4v) is 2.61. The first-order valence-corrected chi connectivity index (χ1v) is 5.72. The molecule has 82 valence electrons. The third-order valence-corrected chi connectivity index (χ3v) is 3.34. The van der Waals surface area contributed by atoms with Crippen LogP contribution < -0.4 is 5.32 Å². The molecule has 1 N–H and O–H groups in total. The molecule has 0 unspecified atom stereocenters. The van der Waals surface area contributed by atoms with Crippen LogP contribution in [0.5, 0.6) is 0 Å². The van der Waals surface area contributed by atoms with Crippen molar-refractivity contribution in [3.63, 3.8) is 0 Å². The molecular formula is C12H23NO. The van der Waals surface area contributed by atoms with E-state index in [4.69, 9.17) is 0 Å². The van der Waals surface area contributed by atoms with Gasteiger partial charge in [0.25, 0.3) is 0 Å². The molecule has 1 rings (SSSR count). The molecule has 2 atom stereocenters. The van der Waals surface area contributed by atoms with Crippen molar-refractivity contribution in [3.8, 4) is 0 Å². The molecule has 0 saturated heterocycles. The highest BCUT2D eigenvalue weighted by molar-refractivity contribution is 5.51. The first-order chi connectivity index (χ1) is 6.55. The zero-order chi connectivity index (χ0) is 10.6. The number of hydrogen-bond acceptors (Lipinski definition) is 2. The molecule has 0 aromatic rings. The van der Waals surface area contributed by atoms with Crippen LogP contribution in [0.3, 0.4) is 0 Å². The molecule has 2 nitrogen and oxygen atoms in total. The predicted molar refractivity (Wildman–Crippen MR) is 59.3 cm³/mol. The van der Waals surface area contributed by atoms with Crippen molar-refractivity contribution < 1.29 is 4.79 Å². The van der Waals surface area contributed by atoms with E-state index < -0.39 is 0 Å². The summed E-state index contributed by atoms with van der Waals surface area (Å²) in [7, 11) is 0. The number of hydrogen-bond donors (Lipinski definition) is 1. The largest absolute Gasteiger partial charge is 0.307 e. The summed E-state index contributed by atoms with van der Waals surface area (Å²) >= 11 is 0. The first kappa shape index (κ1) is 11.7. The average molecular weight is 197 g/mol. The van der Waals surface area contributed by atoms with Crippen molar-refractivity contribution in [1.29, 1.82) is 0 Å². The van der Waals surface area contributed by atoms with Crippen molar-refractivity contribution in [2.24, 2.45) is 11.3 Å². The second-order valence-corrected chi connectivity index (χ2v) is 5.44. The molecule has 0 heterocycles. The normalized spacial score (nSPS) is 28.8. The Kier molecular flexibility index (Phi) is 4.11. The fraction of sp³-hybridized carbons (Fsp3) is 0.917. The van der Waals surface area contributed by atoms with Crippen LogP contribution >= 0.6 is 0 Å². The molecule has 14 heavy (non-hydrogen) atoms. The van der Waals surface area contributed by atoms with E-state index in [1.807, 2.05) is 0 Å². The molecule has 1 aliphatic rings. The Bertz CT molecular complexity index is 183. The average Bonchev–Trinajstić information content (AvgIpc) is 2.14. The van der Waals surface area contributed by atoms with Gasteiger partial charge in [0.05, 0.1) is 6.54 Å². The maximum Gasteiger partial charge on any atom is 0.133 e. The summed E-state index contributed by atoms with van der Waals surface area (Å²) in [4.78, 5) is 10.3. The van der Waals surface area contributed by atoms with E-state index in [0.29, 0.717) is 18.0 Å². The van der Waals surface area contributed by atoms with E-state index in [9.17, 15) is 4.79 Å². The van der Waals surface area contributed by atoms with Crippen LogP contribution in [0.1, 0.15) is 46.5 Å². The van der Waals surface area contributed by atoms with Crippen molar-refractivity contribution in [1.82, 2.24) is 5.32 Å². The molecule has 1 fully saturated rings. The van der Waals surface area contributed by atoms with Crippen LogP contribution in [-0.4, -0.2) is 18.9 Å². The zero-order valence-electron chi connectivity index (χ0n) is 9.68. The number of nitrogens with one attached hydrogen (secondary N) is 1. The third kappa shape index (κ3) is 3.09. The van der Waals surface area contributed by atoms with Gasteiger partial charge in [-0.05, 0) is 24.2 Å². The van der Waals surface area contributed by atoms with E-state index in [0.717, 1.165) is 12.2 Å². The van der Waals surface area contributed by atoms with Crippen LogP contribution in [-0.2, 0) is 4.79 Å². The Morgan fingerprint density at radius 3 is 2.50 bits per heavy atom. The molecule has 0 amide bonds. The molecular weight excluding hydrogens is 174 g/mol. The van der Waals surface area contributed by atoms with Gasteiger partial charge in [0.15, 0.2) is 0 Å². The highest BCUT2D eigenvalue weighted by Crippen LogP contribution is 2.37. The number of rotatable bonds is 3. The molecule has 0 aromatic heterocycles. The number of aldehydes is 1. The van der Waals surface area contributed by atoms with Crippen LogP contribution in [0.25, 0.3) is 0 Å². The maximum atomic E-state index is 10.3. The standard InChI is InChI=1S/C12H23NO/c1-12(2,3)10-6-4-5-7-11(10)13-8-9-14/h9-11,13H,4-8H2,1-3H3/t10-,11+/m1/s1. The fourth-order valence-electron chi connectivity index (χ4n) is 2.61. The molecule has 0 spiro atoms. The lowest BCUT2D eigenvalue weighted by molar-refractivity contribution is -0.107. The summed E-state index contributed by atoms with van der Waals surface area (Å²) in [5.41, 5.74) is 0.362. The Hall–Kier alpha value is -0.370. The van der Waals surface area contributed by atoms with E-state index >= 15 is 0 Å². The lowest BCUT2D eigenvalue weighted by Gasteiger charge is -2.40. The molecule has 2 heteroatoms. The van der Waals surface area contributed by atoms with E-state index in [-0.39, 0.29) is 0 Å². The quantitative estimate of drug-likeness (QED) is 0.704. The van der Waals surface area contributed by atoms with E-state index in [1.54, 1.807) is 0 Å². The van der Waals surface area contributed by atoms with Crippen molar-refractivity contribution >= 4 is 6.29 Å². The van der Waals surface area contributed by atoms with Crippen molar-refractivity contribution in [2.45, 2.75) is 52.5 Å². The van der Waals surface area contributed by atoms with Gasteiger partial charge in [0.2, 0.25) is 0 Å².